The second-order valence-corrected chi connectivity index (χ2v) is 5.73. The first-order valence-corrected chi connectivity index (χ1v) is 7.49. The maximum absolute atomic E-state index is 12.5. The lowest BCUT2D eigenvalue weighted by Crippen LogP contribution is -2.45. The zero-order valence-electron chi connectivity index (χ0n) is 12.6. The molecule has 114 valence electrons. The molecule has 0 spiro atoms. The molecule has 0 heterocycles. The topological polar surface area (TPSA) is 63.6 Å². The third kappa shape index (κ3) is 3.09. The fourth-order valence-corrected chi connectivity index (χ4v) is 2.79. The van der Waals surface area contributed by atoms with Crippen LogP contribution in [0.5, 0.6) is 0 Å². The van der Waals surface area contributed by atoms with Gasteiger partial charge in [-0.3, -0.25) is 9.59 Å². The van der Waals surface area contributed by atoms with E-state index in [0.717, 1.165) is 24.8 Å². The molecule has 1 unspecified atom stereocenters. The lowest BCUT2D eigenvalue weighted by molar-refractivity contribution is -0.162. The van der Waals surface area contributed by atoms with Gasteiger partial charge in [0.1, 0.15) is 0 Å². The third-order valence-corrected chi connectivity index (χ3v) is 4.22. The number of carboxylic acids is 1. The zero-order valence-corrected chi connectivity index (χ0v) is 12.6. The molecule has 0 radical (unpaired) electrons. The minimum atomic E-state index is -1.58. The molecular formula is C17H22O4. The Kier molecular flexibility index (Phi) is 4.66. The van der Waals surface area contributed by atoms with E-state index in [1.807, 2.05) is 19.1 Å². The Bertz CT molecular complexity index is 533. The summed E-state index contributed by atoms with van der Waals surface area (Å²) in [6.07, 6.45) is 3.31. The molecule has 1 aromatic carbocycles. The van der Waals surface area contributed by atoms with Crippen molar-refractivity contribution in [3.63, 3.8) is 0 Å². The van der Waals surface area contributed by atoms with Crippen molar-refractivity contribution in [2.45, 2.75) is 44.9 Å². The molecule has 0 amide bonds. The number of benzene rings is 1. The van der Waals surface area contributed by atoms with Gasteiger partial charge < -0.3 is 9.84 Å². The maximum Gasteiger partial charge on any atom is 0.328 e. The summed E-state index contributed by atoms with van der Waals surface area (Å²) in [6, 6.07) is 7.19. The van der Waals surface area contributed by atoms with Crippen molar-refractivity contribution in [1.29, 1.82) is 0 Å². The number of carbonyl (C=O) groups excluding carboxylic acids is 1. The van der Waals surface area contributed by atoms with Gasteiger partial charge in [-0.2, -0.15) is 0 Å². The van der Waals surface area contributed by atoms with Crippen molar-refractivity contribution >= 4 is 11.9 Å². The van der Waals surface area contributed by atoms with E-state index in [-0.39, 0.29) is 6.61 Å². The van der Waals surface area contributed by atoms with Crippen LogP contribution in [-0.4, -0.2) is 23.7 Å². The molecule has 1 atom stereocenters. The van der Waals surface area contributed by atoms with E-state index in [0.29, 0.717) is 17.9 Å². The van der Waals surface area contributed by atoms with Crippen LogP contribution in [0.4, 0.5) is 0 Å². The average molecular weight is 290 g/mol. The van der Waals surface area contributed by atoms with E-state index in [4.69, 9.17) is 4.74 Å². The molecule has 1 aromatic rings. The summed E-state index contributed by atoms with van der Waals surface area (Å²) in [5.41, 5.74) is -0.218. The quantitative estimate of drug-likeness (QED) is 0.619. The molecular weight excluding hydrogens is 268 g/mol. The van der Waals surface area contributed by atoms with E-state index < -0.39 is 17.4 Å². The van der Waals surface area contributed by atoms with E-state index in [2.05, 4.69) is 0 Å². The smallest absolute Gasteiger partial charge is 0.328 e. The highest BCUT2D eigenvalue weighted by Crippen LogP contribution is 2.40. The van der Waals surface area contributed by atoms with Crippen LogP contribution in [0.15, 0.2) is 24.3 Å². The fourth-order valence-electron chi connectivity index (χ4n) is 2.79. The molecule has 4 nitrogen and oxygen atoms in total. The molecule has 21 heavy (non-hydrogen) atoms. The van der Waals surface area contributed by atoms with Crippen LogP contribution in [0.1, 0.15) is 43.7 Å². The molecule has 1 aliphatic rings. The molecule has 1 N–H and O–H groups in total. The lowest BCUT2D eigenvalue weighted by atomic mass is 9.74. The third-order valence-electron chi connectivity index (χ3n) is 4.22. The maximum atomic E-state index is 12.5. The summed E-state index contributed by atoms with van der Waals surface area (Å²) in [6.45, 7) is 3.72. The zero-order chi connectivity index (χ0) is 15.5. The van der Waals surface area contributed by atoms with Crippen LogP contribution in [0.25, 0.3) is 0 Å². The summed E-state index contributed by atoms with van der Waals surface area (Å²) in [5, 5.41) is 9.83. The van der Waals surface area contributed by atoms with Crippen LogP contribution >= 0.6 is 0 Å². The minimum Gasteiger partial charge on any atom is -0.480 e. The van der Waals surface area contributed by atoms with Crippen LogP contribution in [0, 0.1) is 12.8 Å². The van der Waals surface area contributed by atoms with Crippen LogP contribution in [-0.2, 0) is 19.7 Å². The summed E-state index contributed by atoms with van der Waals surface area (Å²) in [4.78, 5) is 24.5. The van der Waals surface area contributed by atoms with Gasteiger partial charge in [-0.15, -0.1) is 0 Å². The number of carbonyl (C=O) groups is 2. The van der Waals surface area contributed by atoms with Gasteiger partial charge in [0, 0.05) is 0 Å². The number of hydrogen-bond donors (Lipinski definition) is 1. The summed E-state index contributed by atoms with van der Waals surface area (Å²) < 4.78 is 5.11. The highest BCUT2D eigenvalue weighted by molar-refractivity contribution is 6.05. The van der Waals surface area contributed by atoms with E-state index >= 15 is 0 Å². The van der Waals surface area contributed by atoms with Crippen molar-refractivity contribution in [3.8, 4) is 0 Å². The van der Waals surface area contributed by atoms with Gasteiger partial charge in [0.25, 0.3) is 0 Å². The number of aryl methyl sites for hydroxylation is 1. The van der Waals surface area contributed by atoms with Crippen molar-refractivity contribution < 1.29 is 19.4 Å². The number of esters is 1. The average Bonchev–Trinajstić information content (AvgIpc) is 3.25. The van der Waals surface area contributed by atoms with Gasteiger partial charge >= 0.3 is 11.9 Å². The van der Waals surface area contributed by atoms with Crippen molar-refractivity contribution in [2.24, 2.45) is 5.92 Å². The van der Waals surface area contributed by atoms with Crippen molar-refractivity contribution in [3.05, 3.63) is 35.4 Å². The van der Waals surface area contributed by atoms with Gasteiger partial charge in [0.2, 0.25) is 0 Å². The van der Waals surface area contributed by atoms with Gasteiger partial charge in [-0.1, -0.05) is 37.1 Å². The first kappa shape index (κ1) is 15.5. The number of aliphatic carboxylic acids is 1. The molecule has 2 rings (SSSR count). The standard InChI is InChI=1S/C17H22O4/c1-3-21-16(20)17(15(18)19,11-10-13-8-9-13)14-7-5-4-6-12(14)2/h4-7,13H,3,8-11H2,1-2H3,(H,18,19). The number of hydrogen-bond acceptors (Lipinski definition) is 3. The number of ether oxygens (including phenoxy) is 1. The Morgan fingerprint density at radius 2 is 2.00 bits per heavy atom. The molecule has 1 saturated carbocycles. The normalized spacial score (nSPS) is 17.0. The fraction of sp³-hybridized carbons (Fsp3) is 0.529. The molecule has 1 aliphatic carbocycles. The Labute approximate surface area is 125 Å². The second kappa shape index (κ2) is 6.29. The van der Waals surface area contributed by atoms with Crippen molar-refractivity contribution in [1.82, 2.24) is 0 Å². The van der Waals surface area contributed by atoms with Crippen molar-refractivity contribution in [2.75, 3.05) is 6.61 Å². The van der Waals surface area contributed by atoms with Crippen LogP contribution < -0.4 is 0 Å². The second-order valence-electron chi connectivity index (χ2n) is 5.73. The molecule has 0 aromatic heterocycles. The summed E-state index contributed by atoms with van der Waals surface area (Å²) >= 11 is 0. The largest absolute Gasteiger partial charge is 0.480 e. The lowest BCUT2D eigenvalue weighted by Gasteiger charge is -2.29. The Morgan fingerprint density at radius 1 is 1.33 bits per heavy atom. The first-order valence-electron chi connectivity index (χ1n) is 7.49. The molecule has 0 bridgehead atoms. The molecule has 1 fully saturated rings. The Morgan fingerprint density at radius 3 is 2.52 bits per heavy atom. The number of rotatable bonds is 7. The van der Waals surface area contributed by atoms with E-state index in [1.165, 1.54) is 0 Å². The predicted octanol–water partition coefficient (Wildman–Crippen LogP) is 3.07. The van der Waals surface area contributed by atoms with Crippen LogP contribution in [0.2, 0.25) is 0 Å². The van der Waals surface area contributed by atoms with Gasteiger partial charge in [-0.25, -0.2) is 0 Å². The Hall–Kier alpha value is -1.84. The molecule has 4 heteroatoms. The SMILES string of the molecule is CCOC(=O)C(CCC1CC1)(C(=O)O)c1ccccc1C. The predicted molar refractivity (Wildman–Crippen MR) is 79.1 cm³/mol. The highest BCUT2D eigenvalue weighted by atomic mass is 16.5. The monoisotopic (exact) mass is 290 g/mol. The summed E-state index contributed by atoms with van der Waals surface area (Å²) in [5.74, 6) is -1.20. The molecule has 0 saturated heterocycles. The van der Waals surface area contributed by atoms with E-state index in [1.54, 1.807) is 19.1 Å². The molecule has 0 aliphatic heterocycles. The summed E-state index contributed by atoms with van der Waals surface area (Å²) in [7, 11) is 0. The van der Waals surface area contributed by atoms with Gasteiger partial charge in [0.15, 0.2) is 5.41 Å². The van der Waals surface area contributed by atoms with E-state index in [9.17, 15) is 14.7 Å². The van der Waals surface area contributed by atoms with Crippen LogP contribution in [0.3, 0.4) is 0 Å². The highest BCUT2D eigenvalue weighted by Gasteiger charge is 2.50. The first-order chi connectivity index (χ1) is 10.0. The Balaban J connectivity index is 2.45. The minimum absolute atomic E-state index is 0.184. The number of carboxylic acid groups (broad SMARTS) is 1. The van der Waals surface area contributed by atoms with Gasteiger partial charge in [0.05, 0.1) is 6.61 Å². The van der Waals surface area contributed by atoms with Gasteiger partial charge in [-0.05, 0) is 43.7 Å².